The van der Waals surface area contributed by atoms with Crippen molar-refractivity contribution in [1.82, 2.24) is 9.55 Å². The number of benzene rings is 1. The zero-order valence-corrected chi connectivity index (χ0v) is 18.0. The zero-order valence-electron chi connectivity index (χ0n) is 18.0. The van der Waals surface area contributed by atoms with Crippen LogP contribution in [0.25, 0.3) is 17.0 Å². The van der Waals surface area contributed by atoms with Crippen molar-refractivity contribution in [3.8, 4) is 0 Å². The van der Waals surface area contributed by atoms with Gasteiger partial charge in [-0.05, 0) is 73.6 Å². The summed E-state index contributed by atoms with van der Waals surface area (Å²) >= 11 is 0. The van der Waals surface area contributed by atoms with Crippen LogP contribution in [0, 0.1) is 17.3 Å². The third kappa shape index (κ3) is 2.85. The summed E-state index contributed by atoms with van der Waals surface area (Å²) < 4.78 is 7.64. The molecular weight excluding hydrogens is 388 g/mol. The zero-order chi connectivity index (χ0) is 21.3. The molecule has 1 aromatic heterocycles. The van der Waals surface area contributed by atoms with Gasteiger partial charge < -0.3 is 4.74 Å². The van der Waals surface area contributed by atoms with Crippen molar-refractivity contribution in [2.45, 2.75) is 64.5 Å². The molecule has 0 unspecified atom stereocenters. The molecule has 1 saturated heterocycles. The van der Waals surface area contributed by atoms with Gasteiger partial charge in [0.1, 0.15) is 11.9 Å². The third-order valence-corrected chi connectivity index (χ3v) is 8.24. The van der Waals surface area contributed by atoms with Crippen LogP contribution in [0.4, 0.5) is 0 Å². The molecule has 3 fully saturated rings. The van der Waals surface area contributed by atoms with E-state index in [4.69, 9.17) is 4.74 Å². The number of aryl methyl sites for hydroxylation is 1. The second kappa shape index (κ2) is 6.65. The molecule has 0 bridgehead atoms. The highest BCUT2D eigenvalue weighted by Crippen LogP contribution is 2.56. The van der Waals surface area contributed by atoms with Crippen molar-refractivity contribution in [2.75, 3.05) is 0 Å². The molecule has 2 aliphatic heterocycles. The van der Waals surface area contributed by atoms with Crippen LogP contribution < -0.4 is 5.56 Å². The van der Waals surface area contributed by atoms with E-state index in [2.05, 4.69) is 18.5 Å². The van der Waals surface area contributed by atoms with E-state index >= 15 is 0 Å². The number of fused-ring (bicyclic) bond motifs is 4. The summed E-state index contributed by atoms with van der Waals surface area (Å²) in [4.78, 5) is 30.4. The summed E-state index contributed by atoms with van der Waals surface area (Å²) in [6.45, 7) is 7.45. The van der Waals surface area contributed by atoms with Gasteiger partial charge in [-0.3, -0.25) is 9.36 Å². The first-order valence-corrected chi connectivity index (χ1v) is 11.6. The SMILES string of the molecule is C=C1CCC[C@]2(C)C[C@H]3OC(=O)/C(=C/c4ccc5nc6n(c(=O)c5c4)CCC6)[C@H]3C[C@@H]12. The number of rotatable bonds is 1. The van der Waals surface area contributed by atoms with Crippen LogP contribution >= 0.6 is 0 Å². The Morgan fingerprint density at radius 2 is 2.13 bits per heavy atom. The molecule has 4 atom stereocenters. The van der Waals surface area contributed by atoms with E-state index in [-0.39, 0.29) is 29.0 Å². The number of hydrogen-bond acceptors (Lipinski definition) is 4. The van der Waals surface area contributed by atoms with Gasteiger partial charge in [-0.1, -0.05) is 25.1 Å². The molecule has 6 rings (SSSR count). The molecule has 0 radical (unpaired) electrons. The van der Waals surface area contributed by atoms with Gasteiger partial charge in [-0.25, -0.2) is 9.78 Å². The van der Waals surface area contributed by atoms with Crippen LogP contribution in [-0.4, -0.2) is 21.6 Å². The Bertz CT molecular complexity index is 1220. The van der Waals surface area contributed by atoms with Gasteiger partial charge >= 0.3 is 5.97 Å². The van der Waals surface area contributed by atoms with Crippen molar-refractivity contribution >= 4 is 22.9 Å². The van der Waals surface area contributed by atoms with E-state index in [9.17, 15) is 9.59 Å². The van der Waals surface area contributed by atoms with Gasteiger partial charge in [0, 0.05) is 24.5 Å². The first kappa shape index (κ1) is 19.0. The Morgan fingerprint density at radius 3 is 3.00 bits per heavy atom. The minimum atomic E-state index is -0.202. The summed E-state index contributed by atoms with van der Waals surface area (Å²) in [5.41, 5.74) is 3.91. The molecule has 160 valence electrons. The Kier molecular flexibility index (Phi) is 4.08. The minimum Gasteiger partial charge on any atom is -0.458 e. The molecule has 2 aromatic rings. The second-order valence-electron chi connectivity index (χ2n) is 10.2. The number of esters is 1. The molecule has 2 saturated carbocycles. The first-order chi connectivity index (χ1) is 14.9. The molecule has 31 heavy (non-hydrogen) atoms. The lowest BCUT2D eigenvalue weighted by Gasteiger charge is -2.49. The summed E-state index contributed by atoms with van der Waals surface area (Å²) in [7, 11) is 0. The maximum Gasteiger partial charge on any atom is 0.334 e. The number of ether oxygens (including phenoxy) is 1. The fraction of sp³-hybridized carbons (Fsp3) is 0.500. The van der Waals surface area contributed by atoms with Gasteiger partial charge in [0.05, 0.1) is 10.9 Å². The first-order valence-electron chi connectivity index (χ1n) is 11.6. The lowest BCUT2D eigenvalue weighted by atomic mass is 9.56. The van der Waals surface area contributed by atoms with Gasteiger partial charge in [0.25, 0.3) is 5.56 Å². The number of nitrogens with zero attached hydrogens (tertiary/aromatic N) is 2. The van der Waals surface area contributed by atoms with Crippen molar-refractivity contribution < 1.29 is 9.53 Å². The van der Waals surface area contributed by atoms with E-state index in [1.807, 2.05) is 24.3 Å². The molecule has 2 aliphatic carbocycles. The predicted molar refractivity (Wildman–Crippen MR) is 119 cm³/mol. The average molecular weight is 417 g/mol. The van der Waals surface area contributed by atoms with Crippen molar-refractivity contribution in [3.63, 3.8) is 0 Å². The molecular formula is C26H28N2O3. The average Bonchev–Trinajstić information content (AvgIpc) is 3.31. The maximum absolute atomic E-state index is 12.9. The van der Waals surface area contributed by atoms with Crippen LogP contribution in [0.1, 0.15) is 56.8 Å². The highest BCUT2D eigenvalue weighted by atomic mass is 16.6. The van der Waals surface area contributed by atoms with Gasteiger partial charge in [-0.15, -0.1) is 0 Å². The number of aromatic nitrogens is 2. The minimum absolute atomic E-state index is 0.0246. The number of allylic oxidation sites excluding steroid dienone is 1. The van der Waals surface area contributed by atoms with Gasteiger partial charge in [-0.2, -0.15) is 0 Å². The van der Waals surface area contributed by atoms with Crippen molar-refractivity contribution in [1.29, 1.82) is 0 Å². The molecule has 0 spiro atoms. The molecule has 0 N–H and O–H groups in total. The normalized spacial score (nSPS) is 33.3. The van der Waals surface area contributed by atoms with Crippen LogP contribution in [0.15, 0.2) is 40.7 Å². The number of carbonyl (C=O) groups is 1. The Hall–Kier alpha value is -2.69. The summed E-state index contributed by atoms with van der Waals surface area (Å²) in [5.74, 6) is 1.24. The standard InChI is InChI=1S/C26H28N2O3/c1-15-5-3-9-26(2)14-22-17(13-20(15)26)18(25(30)31-22)11-16-7-8-21-19(12-16)24(29)28-10-4-6-23(28)27-21/h7-8,11-12,17,20,22H,1,3-6,9-10,13-14H2,2H3/b18-11+/t17-,20+,22-,26-/m1/s1. The molecule has 5 nitrogen and oxygen atoms in total. The van der Waals surface area contributed by atoms with Crippen LogP contribution in [0.2, 0.25) is 0 Å². The lowest BCUT2D eigenvalue weighted by Crippen LogP contribution is -2.43. The molecule has 1 aromatic carbocycles. The molecule has 5 heteroatoms. The summed E-state index contributed by atoms with van der Waals surface area (Å²) in [6.07, 6.45) is 9.04. The predicted octanol–water partition coefficient (Wildman–Crippen LogP) is 4.42. The Balaban J connectivity index is 1.38. The smallest absolute Gasteiger partial charge is 0.334 e. The number of carbonyl (C=O) groups excluding carboxylic acids is 1. The maximum atomic E-state index is 12.9. The van der Waals surface area contributed by atoms with Crippen molar-refractivity contribution in [2.24, 2.45) is 17.3 Å². The fourth-order valence-corrected chi connectivity index (χ4v) is 6.61. The topological polar surface area (TPSA) is 61.2 Å². The number of hydrogen-bond donors (Lipinski definition) is 0. The summed E-state index contributed by atoms with van der Waals surface area (Å²) in [5, 5.41) is 0.625. The molecule has 3 heterocycles. The second-order valence-corrected chi connectivity index (χ2v) is 10.2. The van der Waals surface area contributed by atoms with Crippen LogP contribution in [0.5, 0.6) is 0 Å². The summed E-state index contributed by atoms with van der Waals surface area (Å²) in [6, 6.07) is 5.75. The highest BCUT2D eigenvalue weighted by Gasteiger charge is 2.53. The quantitative estimate of drug-likeness (QED) is 0.392. The Morgan fingerprint density at radius 1 is 1.26 bits per heavy atom. The van der Waals surface area contributed by atoms with E-state index in [0.717, 1.165) is 61.1 Å². The van der Waals surface area contributed by atoms with Crippen molar-refractivity contribution in [3.05, 3.63) is 57.7 Å². The lowest BCUT2D eigenvalue weighted by molar-refractivity contribution is -0.142. The van der Waals surface area contributed by atoms with Gasteiger partial charge in [0.2, 0.25) is 0 Å². The molecule has 0 amide bonds. The van der Waals surface area contributed by atoms with E-state index in [1.54, 1.807) is 4.57 Å². The highest BCUT2D eigenvalue weighted by molar-refractivity contribution is 5.97. The monoisotopic (exact) mass is 416 g/mol. The largest absolute Gasteiger partial charge is 0.458 e. The third-order valence-electron chi connectivity index (χ3n) is 8.24. The van der Waals surface area contributed by atoms with Crippen LogP contribution in [-0.2, 0) is 22.5 Å². The van der Waals surface area contributed by atoms with E-state index in [0.29, 0.717) is 11.3 Å². The Labute approximate surface area is 181 Å². The van der Waals surface area contributed by atoms with Crippen LogP contribution in [0.3, 0.4) is 0 Å². The fourth-order valence-electron chi connectivity index (χ4n) is 6.61. The molecule has 4 aliphatic rings. The van der Waals surface area contributed by atoms with E-state index in [1.165, 1.54) is 18.4 Å². The van der Waals surface area contributed by atoms with E-state index < -0.39 is 0 Å². The van der Waals surface area contributed by atoms with Gasteiger partial charge in [0.15, 0.2) is 0 Å².